The lowest BCUT2D eigenvalue weighted by molar-refractivity contribution is -0.130. The number of nitrogens with zero attached hydrogens (tertiary/aromatic N) is 1. The van der Waals surface area contributed by atoms with Crippen LogP contribution in [0.4, 0.5) is 0 Å². The molecule has 0 fully saturated rings. The Balaban J connectivity index is 1.55. The molecule has 1 aliphatic rings. The molecule has 5 rings (SSSR count). The van der Waals surface area contributed by atoms with Crippen molar-refractivity contribution in [3.8, 4) is 11.5 Å². The molecule has 196 valence electrons. The molecule has 4 aromatic rings. The third-order valence-corrected chi connectivity index (χ3v) is 6.56. The number of furan rings is 2. The predicted molar refractivity (Wildman–Crippen MR) is 140 cm³/mol. The Morgan fingerprint density at radius 3 is 2.61 bits per heavy atom. The third kappa shape index (κ3) is 4.77. The molecule has 3 heterocycles. The van der Waals surface area contributed by atoms with Gasteiger partial charge >= 0.3 is 0 Å². The number of methoxy groups -OCH3 is 1. The maximum atomic E-state index is 13.8. The van der Waals surface area contributed by atoms with Gasteiger partial charge in [0.25, 0.3) is 5.91 Å². The van der Waals surface area contributed by atoms with Gasteiger partial charge in [-0.05, 0) is 54.3 Å². The van der Waals surface area contributed by atoms with Crippen LogP contribution in [0.1, 0.15) is 48.2 Å². The second kappa shape index (κ2) is 10.5. The zero-order valence-corrected chi connectivity index (χ0v) is 21.5. The summed E-state index contributed by atoms with van der Waals surface area (Å²) in [5.41, 5.74) is 1.03. The number of ether oxygens (including phenoxy) is 2. The number of para-hydroxylation sites is 1. The molecule has 0 radical (unpaired) electrons. The first-order valence-corrected chi connectivity index (χ1v) is 12.5. The largest absolute Gasteiger partial charge is 0.503 e. The fourth-order valence-corrected chi connectivity index (χ4v) is 4.57. The highest BCUT2D eigenvalue weighted by Gasteiger charge is 2.45. The number of hydrogen-bond donors (Lipinski definition) is 1. The topological polar surface area (TPSA) is 102 Å². The van der Waals surface area contributed by atoms with Crippen molar-refractivity contribution >= 4 is 22.7 Å². The van der Waals surface area contributed by atoms with E-state index in [9.17, 15) is 14.7 Å². The van der Waals surface area contributed by atoms with Crippen molar-refractivity contribution in [3.63, 3.8) is 0 Å². The van der Waals surface area contributed by atoms with Gasteiger partial charge in [-0.25, -0.2) is 0 Å². The monoisotopic (exact) mass is 515 g/mol. The van der Waals surface area contributed by atoms with Crippen LogP contribution in [0.15, 0.2) is 87.1 Å². The first kappa shape index (κ1) is 25.2. The van der Waals surface area contributed by atoms with Gasteiger partial charge in [0, 0.05) is 5.39 Å². The molecule has 0 saturated heterocycles. The molecule has 1 atom stereocenters. The fourth-order valence-electron chi connectivity index (χ4n) is 4.57. The lowest BCUT2D eigenvalue weighted by Crippen LogP contribution is -2.30. The van der Waals surface area contributed by atoms with E-state index in [1.54, 1.807) is 48.5 Å². The van der Waals surface area contributed by atoms with E-state index in [0.717, 1.165) is 11.8 Å². The van der Waals surface area contributed by atoms with Crippen LogP contribution in [0.3, 0.4) is 0 Å². The van der Waals surface area contributed by atoms with Crippen molar-refractivity contribution < 1.29 is 33.0 Å². The van der Waals surface area contributed by atoms with E-state index in [2.05, 4.69) is 13.8 Å². The summed E-state index contributed by atoms with van der Waals surface area (Å²) in [7, 11) is 1.53. The average molecular weight is 516 g/mol. The second-order valence-electron chi connectivity index (χ2n) is 9.60. The fraction of sp³-hybridized carbons (Fsp3) is 0.267. The third-order valence-electron chi connectivity index (χ3n) is 6.56. The highest BCUT2D eigenvalue weighted by Crippen LogP contribution is 2.43. The smallest absolute Gasteiger partial charge is 0.290 e. The Morgan fingerprint density at radius 1 is 1.08 bits per heavy atom. The first-order chi connectivity index (χ1) is 18.4. The zero-order chi connectivity index (χ0) is 26.8. The maximum absolute atomic E-state index is 13.8. The average Bonchev–Trinajstić information content (AvgIpc) is 3.64. The highest BCUT2D eigenvalue weighted by atomic mass is 16.5. The molecular weight excluding hydrogens is 486 g/mol. The van der Waals surface area contributed by atoms with Crippen LogP contribution in [0.25, 0.3) is 11.0 Å². The molecule has 38 heavy (non-hydrogen) atoms. The summed E-state index contributed by atoms with van der Waals surface area (Å²) < 4.78 is 22.8. The normalized spacial score (nSPS) is 15.6. The molecule has 0 aliphatic carbocycles. The molecule has 8 heteroatoms. The van der Waals surface area contributed by atoms with Crippen molar-refractivity contribution in [2.24, 2.45) is 5.92 Å². The lowest BCUT2D eigenvalue weighted by Gasteiger charge is -2.26. The van der Waals surface area contributed by atoms with Gasteiger partial charge < -0.3 is 28.3 Å². The first-order valence-electron chi connectivity index (χ1n) is 12.5. The Hall–Kier alpha value is -4.46. The van der Waals surface area contributed by atoms with E-state index in [4.69, 9.17) is 18.3 Å². The van der Waals surface area contributed by atoms with Crippen LogP contribution >= 0.6 is 0 Å². The van der Waals surface area contributed by atoms with E-state index in [-0.39, 0.29) is 17.9 Å². The van der Waals surface area contributed by atoms with Crippen molar-refractivity contribution in [1.82, 2.24) is 4.90 Å². The minimum absolute atomic E-state index is 0.0333. The number of aliphatic hydroxyl groups is 1. The molecule has 1 N–H and O–H groups in total. The summed E-state index contributed by atoms with van der Waals surface area (Å²) in [4.78, 5) is 28.5. The summed E-state index contributed by atoms with van der Waals surface area (Å²) in [6, 6.07) is 16.6. The number of hydrogen-bond acceptors (Lipinski definition) is 7. The number of carbonyl (C=O) groups is 2. The van der Waals surface area contributed by atoms with Crippen molar-refractivity contribution in [2.75, 3.05) is 13.7 Å². The van der Waals surface area contributed by atoms with E-state index < -0.39 is 23.5 Å². The van der Waals surface area contributed by atoms with Crippen LogP contribution in [0.2, 0.25) is 0 Å². The Labute approximate surface area is 220 Å². The molecule has 1 unspecified atom stereocenters. The summed E-state index contributed by atoms with van der Waals surface area (Å²) in [6.45, 7) is 4.81. The minimum Gasteiger partial charge on any atom is -0.503 e. The number of carbonyl (C=O) groups excluding carboxylic acids is 2. The van der Waals surface area contributed by atoms with Gasteiger partial charge in [0.1, 0.15) is 11.3 Å². The molecule has 1 amide bonds. The Morgan fingerprint density at radius 2 is 1.89 bits per heavy atom. The number of Topliss-reactive ketones (excluding diaryl/α,β-unsaturated/α-hetero) is 1. The van der Waals surface area contributed by atoms with Gasteiger partial charge in [0.2, 0.25) is 5.78 Å². The van der Waals surface area contributed by atoms with Crippen LogP contribution in [-0.2, 0) is 11.3 Å². The summed E-state index contributed by atoms with van der Waals surface area (Å²) >= 11 is 0. The standard InChI is InChI=1S/C30H29NO7/c1-18(2)12-14-37-23-11-10-20(16-24(23)35-3)27-26(28(32)25-15-19-7-4-5-9-22(19)38-25)29(33)30(34)31(27)17-21-8-6-13-36-21/h4-11,13,15-16,18,27,33H,12,14,17H2,1-3H3. The van der Waals surface area contributed by atoms with Gasteiger partial charge in [-0.2, -0.15) is 0 Å². The van der Waals surface area contributed by atoms with Gasteiger partial charge in [0.15, 0.2) is 23.0 Å². The van der Waals surface area contributed by atoms with Gasteiger partial charge in [-0.3, -0.25) is 9.59 Å². The van der Waals surface area contributed by atoms with Crippen LogP contribution in [0.5, 0.6) is 11.5 Å². The number of amides is 1. The SMILES string of the molecule is COc1cc(C2C(C(=O)c3cc4ccccc4o3)=C(O)C(=O)N2Cc2ccco2)ccc1OCCC(C)C. The Bertz CT molecular complexity index is 1460. The number of aliphatic hydroxyl groups excluding tert-OH is 1. The van der Waals surface area contributed by atoms with Gasteiger partial charge in [0.05, 0.1) is 38.1 Å². The lowest BCUT2D eigenvalue weighted by atomic mass is 9.94. The molecule has 0 bridgehead atoms. The molecule has 1 aliphatic heterocycles. The molecule has 0 spiro atoms. The maximum Gasteiger partial charge on any atom is 0.290 e. The number of rotatable bonds is 10. The van der Waals surface area contributed by atoms with Crippen LogP contribution in [0, 0.1) is 5.92 Å². The molecule has 2 aromatic carbocycles. The van der Waals surface area contributed by atoms with Crippen molar-refractivity contribution in [3.05, 3.63) is 95.3 Å². The Kier molecular flexibility index (Phi) is 6.96. The number of ketones is 1. The van der Waals surface area contributed by atoms with E-state index in [0.29, 0.717) is 40.9 Å². The molecule has 0 saturated carbocycles. The number of fused-ring (bicyclic) bond motifs is 1. The van der Waals surface area contributed by atoms with E-state index in [1.807, 2.05) is 12.1 Å². The van der Waals surface area contributed by atoms with Crippen LogP contribution < -0.4 is 9.47 Å². The summed E-state index contributed by atoms with van der Waals surface area (Å²) in [6.07, 6.45) is 2.39. The van der Waals surface area contributed by atoms with Gasteiger partial charge in [-0.1, -0.05) is 38.1 Å². The summed E-state index contributed by atoms with van der Waals surface area (Å²) in [5, 5.41) is 11.7. The predicted octanol–water partition coefficient (Wildman–Crippen LogP) is 6.24. The van der Waals surface area contributed by atoms with Crippen molar-refractivity contribution in [1.29, 1.82) is 0 Å². The molecular formula is C30H29NO7. The van der Waals surface area contributed by atoms with E-state index in [1.165, 1.54) is 18.3 Å². The zero-order valence-electron chi connectivity index (χ0n) is 21.5. The minimum atomic E-state index is -0.910. The van der Waals surface area contributed by atoms with Gasteiger partial charge in [-0.15, -0.1) is 0 Å². The second-order valence-corrected chi connectivity index (χ2v) is 9.60. The molecule has 8 nitrogen and oxygen atoms in total. The summed E-state index contributed by atoms with van der Waals surface area (Å²) in [5.74, 6) is 0.163. The van der Waals surface area contributed by atoms with E-state index >= 15 is 0 Å². The van der Waals surface area contributed by atoms with Crippen molar-refractivity contribution in [2.45, 2.75) is 32.9 Å². The highest BCUT2D eigenvalue weighted by molar-refractivity contribution is 6.16. The molecule has 2 aromatic heterocycles. The van der Waals surface area contributed by atoms with Crippen LogP contribution in [-0.4, -0.2) is 35.4 Å². The quantitative estimate of drug-likeness (QED) is 0.250. The number of benzene rings is 2.